The molecule has 0 radical (unpaired) electrons. The van der Waals surface area contributed by atoms with E-state index in [1.165, 1.54) is 5.56 Å². The van der Waals surface area contributed by atoms with Crippen LogP contribution in [-0.2, 0) is 10.2 Å². The molecule has 1 aliphatic heterocycles. The van der Waals surface area contributed by atoms with E-state index in [0.717, 1.165) is 31.7 Å². The van der Waals surface area contributed by atoms with E-state index in [4.69, 9.17) is 4.74 Å². The van der Waals surface area contributed by atoms with Gasteiger partial charge in [0.2, 0.25) is 0 Å². The summed E-state index contributed by atoms with van der Waals surface area (Å²) in [5, 5.41) is 0. The maximum Gasteiger partial charge on any atom is 0.260 e. The van der Waals surface area contributed by atoms with Gasteiger partial charge in [-0.25, -0.2) is 0 Å². The molecule has 3 nitrogen and oxygen atoms in total. The summed E-state index contributed by atoms with van der Waals surface area (Å²) in [6.45, 7) is 8.41. The Morgan fingerprint density at radius 2 is 1.95 bits per heavy atom. The lowest BCUT2D eigenvalue weighted by molar-refractivity contribution is -0.132. The monoisotopic (exact) mass is 261 g/mol. The number of hydrogen-bond donors (Lipinski definition) is 0. The number of ether oxygens (including phenoxy) is 1. The second-order valence-corrected chi connectivity index (χ2v) is 6.15. The third kappa shape index (κ3) is 3.72. The highest BCUT2D eigenvalue weighted by atomic mass is 16.5. The van der Waals surface area contributed by atoms with Gasteiger partial charge < -0.3 is 9.64 Å². The Hall–Kier alpha value is -1.51. The average molecular weight is 261 g/mol. The highest BCUT2D eigenvalue weighted by molar-refractivity contribution is 5.78. The van der Waals surface area contributed by atoms with Gasteiger partial charge in [0.15, 0.2) is 6.61 Å². The van der Waals surface area contributed by atoms with E-state index < -0.39 is 0 Å². The van der Waals surface area contributed by atoms with Crippen LogP contribution < -0.4 is 4.74 Å². The van der Waals surface area contributed by atoms with Gasteiger partial charge in [-0.1, -0.05) is 32.9 Å². The van der Waals surface area contributed by atoms with Crippen LogP contribution in [0.5, 0.6) is 5.75 Å². The number of carbonyl (C=O) groups is 1. The van der Waals surface area contributed by atoms with Crippen molar-refractivity contribution in [2.24, 2.45) is 0 Å². The fourth-order valence-corrected chi connectivity index (χ4v) is 2.26. The molecular formula is C16H23NO2. The Morgan fingerprint density at radius 3 is 2.58 bits per heavy atom. The number of hydrogen-bond acceptors (Lipinski definition) is 2. The van der Waals surface area contributed by atoms with Crippen molar-refractivity contribution in [2.75, 3.05) is 19.7 Å². The van der Waals surface area contributed by atoms with Crippen LogP contribution in [0.4, 0.5) is 0 Å². The Kier molecular flexibility index (Phi) is 4.13. The van der Waals surface area contributed by atoms with E-state index in [-0.39, 0.29) is 17.9 Å². The number of benzene rings is 1. The fraction of sp³-hybridized carbons (Fsp3) is 0.562. The molecule has 0 N–H and O–H groups in total. The zero-order chi connectivity index (χ0) is 13.9. The first-order valence-corrected chi connectivity index (χ1v) is 6.98. The number of amides is 1. The molecule has 3 heteroatoms. The molecule has 0 saturated carbocycles. The van der Waals surface area contributed by atoms with Gasteiger partial charge in [-0.3, -0.25) is 4.79 Å². The second kappa shape index (κ2) is 5.64. The number of carbonyl (C=O) groups excluding carboxylic acids is 1. The summed E-state index contributed by atoms with van der Waals surface area (Å²) in [4.78, 5) is 13.8. The number of likely N-dealkylation sites (tertiary alicyclic amines) is 1. The zero-order valence-electron chi connectivity index (χ0n) is 12.1. The largest absolute Gasteiger partial charge is 0.484 e. The highest BCUT2D eigenvalue weighted by Gasteiger charge is 2.18. The van der Waals surface area contributed by atoms with Gasteiger partial charge in [-0.2, -0.15) is 0 Å². The summed E-state index contributed by atoms with van der Waals surface area (Å²) in [5.74, 6) is 0.874. The van der Waals surface area contributed by atoms with Crippen LogP contribution >= 0.6 is 0 Å². The van der Waals surface area contributed by atoms with E-state index in [0.29, 0.717) is 0 Å². The van der Waals surface area contributed by atoms with Crippen molar-refractivity contribution in [1.29, 1.82) is 0 Å². The van der Waals surface area contributed by atoms with E-state index in [9.17, 15) is 4.79 Å². The highest BCUT2D eigenvalue weighted by Crippen LogP contribution is 2.25. The van der Waals surface area contributed by atoms with Crippen molar-refractivity contribution in [3.63, 3.8) is 0 Å². The van der Waals surface area contributed by atoms with Gasteiger partial charge in [0.05, 0.1) is 0 Å². The van der Waals surface area contributed by atoms with Crippen molar-refractivity contribution >= 4 is 5.91 Å². The lowest BCUT2D eigenvalue weighted by Gasteiger charge is -2.20. The molecule has 1 amide bonds. The van der Waals surface area contributed by atoms with Gasteiger partial charge in [0.1, 0.15) is 5.75 Å². The molecular weight excluding hydrogens is 238 g/mol. The number of nitrogens with zero attached hydrogens (tertiary/aromatic N) is 1. The fourth-order valence-electron chi connectivity index (χ4n) is 2.26. The first kappa shape index (κ1) is 13.9. The summed E-state index contributed by atoms with van der Waals surface area (Å²) in [7, 11) is 0. The minimum absolute atomic E-state index is 0.0956. The molecule has 0 aliphatic carbocycles. The minimum atomic E-state index is 0.0956. The van der Waals surface area contributed by atoms with Gasteiger partial charge in [0, 0.05) is 13.1 Å². The van der Waals surface area contributed by atoms with E-state index in [1.54, 1.807) is 0 Å². The Labute approximate surface area is 115 Å². The van der Waals surface area contributed by atoms with Crippen LogP contribution in [0.25, 0.3) is 0 Å². The normalized spacial score (nSPS) is 15.6. The predicted molar refractivity (Wildman–Crippen MR) is 76.5 cm³/mol. The first-order chi connectivity index (χ1) is 8.97. The summed E-state index contributed by atoms with van der Waals surface area (Å²) in [5.41, 5.74) is 1.32. The molecule has 0 atom stereocenters. The first-order valence-electron chi connectivity index (χ1n) is 6.98. The smallest absolute Gasteiger partial charge is 0.260 e. The van der Waals surface area contributed by atoms with Gasteiger partial charge in [-0.15, -0.1) is 0 Å². The summed E-state index contributed by atoms with van der Waals surface area (Å²) in [6.07, 6.45) is 2.23. The topological polar surface area (TPSA) is 29.5 Å². The second-order valence-electron chi connectivity index (χ2n) is 6.15. The van der Waals surface area contributed by atoms with Crippen LogP contribution in [0.2, 0.25) is 0 Å². The molecule has 2 rings (SSSR count). The van der Waals surface area contributed by atoms with Crippen molar-refractivity contribution in [3.05, 3.63) is 29.8 Å². The molecule has 1 aromatic rings. The third-order valence-electron chi connectivity index (χ3n) is 3.52. The van der Waals surface area contributed by atoms with Gasteiger partial charge >= 0.3 is 0 Å². The predicted octanol–water partition coefficient (Wildman–Crippen LogP) is 2.99. The summed E-state index contributed by atoms with van der Waals surface area (Å²) in [6, 6.07) is 8.01. The molecule has 0 spiro atoms. The minimum Gasteiger partial charge on any atom is -0.484 e. The van der Waals surface area contributed by atoms with Crippen LogP contribution in [0.1, 0.15) is 39.2 Å². The lowest BCUT2D eigenvalue weighted by atomic mass is 9.87. The SMILES string of the molecule is CC(C)(C)c1cccc(OCC(=O)N2CCCC2)c1. The van der Waals surface area contributed by atoms with Crippen LogP contribution in [0.15, 0.2) is 24.3 Å². The average Bonchev–Trinajstić information content (AvgIpc) is 2.89. The number of rotatable bonds is 3. The molecule has 1 aromatic carbocycles. The van der Waals surface area contributed by atoms with E-state index in [1.807, 2.05) is 23.1 Å². The van der Waals surface area contributed by atoms with Crippen LogP contribution in [-0.4, -0.2) is 30.5 Å². The molecule has 0 aromatic heterocycles. The van der Waals surface area contributed by atoms with Crippen LogP contribution in [0, 0.1) is 0 Å². The maximum absolute atomic E-state index is 11.9. The third-order valence-corrected chi connectivity index (χ3v) is 3.52. The van der Waals surface area contributed by atoms with Crippen molar-refractivity contribution in [1.82, 2.24) is 4.90 Å². The zero-order valence-corrected chi connectivity index (χ0v) is 12.1. The molecule has 1 fully saturated rings. The van der Waals surface area contributed by atoms with E-state index >= 15 is 0 Å². The van der Waals surface area contributed by atoms with Gasteiger partial charge in [-0.05, 0) is 36.0 Å². The molecule has 0 unspecified atom stereocenters. The van der Waals surface area contributed by atoms with Crippen molar-refractivity contribution in [2.45, 2.75) is 39.0 Å². The van der Waals surface area contributed by atoms with E-state index in [2.05, 4.69) is 26.8 Å². The molecule has 0 bridgehead atoms. The van der Waals surface area contributed by atoms with Crippen LogP contribution in [0.3, 0.4) is 0 Å². The standard InChI is InChI=1S/C16H23NO2/c1-16(2,3)13-7-6-8-14(11-13)19-12-15(18)17-9-4-5-10-17/h6-8,11H,4-5,9-10,12H2,1-3H3. The molecule has 104 valence electrons. The maximum atomic E-state index is 11.9. The van der Waals surface area contributed by atoms with Crippen molar-refractivity contribution in [3.8, 4) is 5.75 Å². The summed E-state index contributed by atoms with van der Waals surface area (Å²) < 4.78 is 5.62. The molecule has 1 heterocycles. The summed E-state index contributed by atoms with van der Waals surface area (Å²) >= 11 is 0. The molecule has 1 aliphatic rings. The van der Waals surface area contributed by atoms with Gasteiger partial charge in [0.25, 0.3) is 5.91 Å². The molecule has 19 heavy (non-hydrogen) atoms. The quantitative estimate of drug-likeness (QED) is 0.837. The molecule has 1 saturated heterocycles. The Bertz CT molecular complexity index is 442. The van der Waals surface area contributed by atoms with Crippen molar-refractivity contribution < 1.29 is 9.53 Å². The lowest BCUT2D eigenvalue weighted by Crippen LogP contribution is -2.32. The Balaban J connectivity index is 1.94. The Morgan fingerprint density at radius 1 is 1.26 bits per heavy atom.